The van der Waals surface area contributed by atoms with Crippen molar-refractivity contribution in [3.05, 3.63) is 40.4 Å². The summed E-state index contributed by atoms with van der Waals surface area (Å²) in [7, 11) is 0. The van der Waals surface area contributed by atoms with Gasteiger partial charge in [-0.1, -0.05) is 25.0 Å². The summed E-state index contributed by atoms with van der Waals surface area (Å²) in [5.74, 6) is -0.412. The van der Waals surface area contributed by atoms with E-state index < -0.39 is 0 Å². The van der Waals surface area contributed by atoms with Gasteiger partial charge in [0, 0.05) is 19.5 Å². The van der Waals surface area contributed by atoms with E-state index in [1.807, 2.05) is 13.0 Å². The molecule has 1 aliphatic carbocycles. The van der Waals surface area contributed by atoms with E-state index in [2.05, 4.69) is 9.97 Å². The zero-order valence-electron chi connectivity index (χ0n) is 17.1. The smallest absolute Gasteiger partial charge is 0.258 e. The van der Waals surface area contributed by atoms with E-state index in [-0.39, 0.29) is 54.6 Å². The molecule has 0 unspecified atom stereocenters. The average molecular weight is 410 g/mol. The molecule has 1 saturated carbocycles. The van der Waals surface area contributed by atoms with Gasteiger partial charge in [0.25, 0.3) is 5.56 Å². The van der Waals surface area contributed by atoms with Crippen LogP contribution in [0.15, 0.2) is 29.1 Å². The van der Waals surface area contributed by atoms with Crippen molar-refractivity contribution in [2.75, 3.05) is 13.1 Å². The lowest BCUT2D eigenvalue weighted by Gasteiger charge is -2.22. The van der Waals surface area contributed by atoms with Gasteiger partial charge in [0.1, 0.15) is 5.82 Å². The first-order valence-corrected chi connectivity index (χ1v) is 10.6. The molecular weight excluding hydrogens is 384 g/mol. The highest BCUT2D eigenvalue weighted by Gasteiger charge is 2.47. The van der Waals surface area contributed by atoms with Crippen LogP contribution < -0.4 is 5.56 Å². The number of hydrogen-bond acceptors (Lipinski definition) is 5. The largest absolute Gasteiger partial charge is 0.335 e. The number of benzene rings is 1. The minimum atomic E-state index is -0.241. The molecule has 158 valence electrons. The van der Waals surface area contributed by atoms with Crippen LogP contribution in [0.5, 0.6) is 0 Å². The third-order valence-electron chi connectivity index (χ3n) is 6.22. The maximum atomic E-state index is 12.8. The van der Waals surface area contributed by atoms with Crippen LogP contribution in [0.25, 0.3) is 10.9 Å². The van der Waals surface area contributed by atoms with Crippen molar-refractivity contribution in [2.45, 2.75) is 45.6 Å². The Balaban J connectivity index is 1.42. The van der Waals surface area contributed by atoms with Crippen LogP contribution in [-0.2, 0) is 20.9 Å². The number of fused-ring (bicyclic) bond motifs is 2. The molecule has 0 spiro atoms. The van der Waals surface area contributed by atoms with Gasteiger partial charge in [-0.05, 0) is 31.9 Å². The Bertz CT molecular complexity index is 1020. The minimum absolute atomic E-state index is 0.0720. The molecule has 1 saturated heterocycles. The van der Waals surface area contributed by atoms with Crippen LogP contribution in [0, 0.1) is 11.8 Å². The third-order valence-corrected chi connectivity index (χ3v) is 6.22. The molecule has 4 rings (SSSR count). The molecule has 2 fully saturated rings. The van der Waals surface area contributed by atoms with E-state index in [1.165, 1.54) is 4.90 Å². The molecule has 3 amide bonds. The second kappa shape index (κ2) is 8.38. The van der Waals surface area contributed by atoms with Crippen molar-refractivity contribution >= 4 is 28.6 Å². The summed E-state index contributed by atoms with van der Waals surface area (Å²) in [6.45, 7) is 2.56. The Labute approximate surface area is 174 Å². The molecule has 2 aromatic rings. The van der Waals surface area contributed by atoms with Crippen LogP contribution in [0.3, 0.4) is 0 Å². The average Bonchev–Trinajstić information content (AvgIpc) is 3.00. The summed E-state index contributed by atoms with van der Waals surface area (Å²) < 4.78 is 0. The van der Waals surface area contributed by atoms with Gasteiger partial charge in [-0.25, -0.2) is 4.98 Å². The first-order valence-electron chi connectivity index (χ1n) is 10.6. The summed E-state index contributed by atoms with van der Waals surface area (Å²) in [4.78, 5) is 60.2. The van der Waals surface area contributed by atoms with E-state index >= 15 is 0 Å². The normalized spacial score (nSPS) is 21.2. The first kappa shape index (κ1) is 20.3. The number of H-pyrrole nitrogens is 1. The number of hydrogen-bond donors (Lipinski definition) is 1. The molecular formula is C22H26N4O4. The van der Waals surface area contributed by atoms with Crippen molar-refractivity contribution in [3.8, 4) is 0 Å². The third kappa shape index (κ3) is 3.74. The quantitative estimate of drug-likeness (QED) is 0.732. The summed E-state index contributed by atoms with van der Waals surface area (Å²) >= 11 is 0. The zero-order valence-corrected chi connectivity index (χ0v) is 17.1. The SMILES string of the molecule is CCN(Cc1nc2ccccc2c(=O)[nH]1)C(=O)CCN1C(=O)[C@H]2CCCC[C@@H]2C1=O. The monoisotopic (exact) mass is 410 g/mol. The lowest BCUT2D eigenvalue weighted by atomic mass is 9.81. The molecule has 2 aliphatic rings. The van der Waals surface area contributed by atoms with Crippen molar-refractivity contribution in [1.82, 2.24) is 19.8 Å². The zero-order chi connectivity index (χ0) is 21.3. The Morgan fingerprint density at radius 2 is 1.80 bits per heavy atom. The Morgan fingerprint density at radius 3 is 2.47 bits per heavy atom. The summed E-state index contributed by atoms with van der Waals surface area (Å²) in [5, 5.41) is 0.503. The molecule has 30 heavy (non-hydrogen) atoms. The summed E-state index contributed by atoms with van der Waals surface area (Å²) in [5.41, 5.74) is 0.339. The highest BCUT2D eigenvalue weighted by Crippen LogP contribution is 2.38. The highest BCUT2D eigenvalue weighted by atomic mass is 16.2. The minimum Gasteiger partial charge on any atom is -0.335 e. The fraction of sp³-hybridized carbons (Fsp3) is 0.500. The molecule has 1 aromatic carbocycles. The number of imide groups is 1. The number of aromatic amines is 1. The summed E-state index contributed by atoms with van der Waals surface area (Å²) in [6.07, 6.45) is 3.56. The fourth-order valence-electron chi connectivity index (χ4n) is 4.58. The van der Waals surface area contributed by atoms with Gasteiger partial charge < -0.3 is 9.88 Å². The number of carbonyl (C=O) groups is 3. The fourth-order valence-corrected chi connectivity index (χ4v) is 4.58. The Hall–Kier alpha value is -3.03. The molecule has 2 heterocycles. The van der Waals surface area contributed by atoms with Gasteiger partial charge in [-0.15, -0.1) is 0 Å². The van der Waals surface area contributed by atoms with Gasteiger partial charge in [0.2, 0.25) is 17.7 Å². The highest BCUT2D eigenvalue weighted by molar-refractivity contribution is 6.05. The lowest BCUT2D eigenvalue weighted by molar-refractivity contribution is -0.141. The van der Waals surface area contributed by atoms with E-state index in [0.29, 0.717) is 23.3 Å². The van der Waals surface area contributed by atoms with Gasteiger partial charge in [0.15, 0.2) is 0 Å². The van der Waals surface area contributed by atoms with Crippen molar-refractivity contribution < 1.29 is 14.4 Å². The number of nitrogens with one attached hydrogen (secondary N) is 1. The van der Waals surface area contributed by atoms with E-state index in [0.717, 1.165) is 25.7 Å². The standard InChI is InChI=1S/C22H26N4O4/c1-2-25(13-18-23-17-10-6-5-9-16(17)20(28)24-18)19(27)11-12-26-21(29)14-7-3-4-8-15(14)22(26)30/h5-6,9-10,14-15H,2-4,7-8,11-13H2,1H3,(H,23,24,28)/t14-,15-/m0/s1. The molecule has 0 radical (unpaired) electrons. The van der Waals surface area contributed by atoms with Crippen LogP contribution in [0.2, 0.25) is 0 Å². The number of carbonyl (C=O) groups excluding carboxylic acids is 3. The molecule has 1 N–H and O–H groups in total. The van der Waals surface area contributed by atoms with E-state index in [1.54, 1.807) is 23.1 Å². The van der Waals surface area contributed by atoms with Crippen LogP contribution in [-0.4, -0.2) is 50.6 Å². The maximum Gasteiger partial charge on any atom is 0.258 e. The molecule has 1 aromatic heterocycles. The van der Waals surface area contributed by atoms with E-state index in [9.17, 15) is 19.2 Å². The second-order valence-electron chi connectivity index (χ2n) is 8.01. The molecule has 0 bridgehead atoms. The molecule has 1 aliphatic heterocycles. The van der Waals surface area contributed by atoms with Crippen LogP contribution in [0.1, 0.15) is 44.9 Å². The topological polar surface area (TPSA) is 103 Å². The van der Waals surface area contributed by atoms with Crippen molar-refractivity contribution in [3.63, 3.8) is 0 Å². The van der Waals surface area contributed by atoms with Gasteiger partial charge in [0.05, 0.1) is 29.3 Å². The second-order valence-corrected chi connectivity index (χ2v) is 8.01. The lowest BCUT2D eigenvalue weighted by Crippen LogP contribution is -2.37. The number of rotatable bonds is 6. The van der Waals surface area contributed by atoms with Crippen LogP contribution >= 0.6 is 0 Å². The van der Waals surface area contributed by atoms with Crippen LogP contribution in [0.4, 0.5) is 0 Å². The van der Waals surface area contributed by atoms with Crippen molar-refractivity contribution in [2.24, 2.45) is 11.8 Å². The van der Waals surface area contributed by atoms with Crippen molar-refractivity contribution in [1.29, 1.82) is 0 Å². The molecule has 8 heteroatoms. The number of nitrogens with zero attached hydrogens (tertiary/aromatic N) is 3. The van der Waals surface area contributed by atoms with Gasteiger partial charge in [-0.3, -0.25) is 24.1 Å². The number of likely N-dealkylation sites (tertiary alicyclic amines) is 1. The Morgan fingerprint density at radius 1 is 1.13 bits per heavy atom. The molecule has 2 atom stereocenters. The predicted molar refractivity (Wildman–Crippen MR) is 110 cm³/mol. The Kier molecular flexibility index (Phi) is 5.65. The summed E-state index contributed by atoms with van der Waals surface area (Å²) in [6, 6.07) is 7.05. The number of para-hydroxylation sites is 1. The number of amides is 3. The number of aromatic nitrogens is 2. The molecule has 8 nitrogen and oxygen atoms in total. The first-order chi connectivity index (χ1) is 14.5. The maximum absolute atomic E-state index is 12.8. The van der Waals surface area contributed by atoms with Gasteiger partial charge in [-0.2, -0.15) is 0 Å². The van der Waals surface area contributed by atoms with E-state index in [4.69, 9.17) is 0 Å². The predicted octanol–water partition coefficient (Wildman–Crippen LogP) is 1.84. The van der Waals surface area contributed by atoms with Gasteiger partial charge >= 0.3 is 0 Å².